The second-order valence-corrected chi connectivity index (χ2v) is 10.8. The van der Waals surface area contributed by atoms with E-state index in [0.717, 1.165) is 5.56 Å². The highest BCUT2D eigenvalue weighted by Gasteiger charge is 2.53. The third-order valence-electron chi connectivity index (χ3n) is 5.67. The predicted octanol–water partition coefficient (Wildman–Crippen LogP) is 1.87. The Morgan fingerprint density at radius 1 is 1.28 bits per heavy atom. The summed E-state index contributed by atoms with van der Waals surface area (Å²) >= 11 is 5.87. The van der Waals surface area contributed by atoms with Crippen LogP contribution in [0.1, 0.15) is 28.8 Å². The summed E-state index contributed by atoms with van der Waals surface area (Å²) in [5, 5.41) is 11.6. The Morgan fingerprint density at radius 2 is 1.97 bits per heavy atom. The van der Waals surface area contributed by atoms with Gasteiger partial charge in [-0.15, -0.1) is 5.10 Å². The summed E-state index contributed by atoms with van der Waals surface area (Å²) in [4.78, 5) is 25.6. The third-order valence-corrected chi connectivity index (χ3v) is 8.02. The number of aromatic nitrogens is 3. The molecule has 0 saturated heterocycles. The standard InChI is InChI=1S/C21H21ClN4O5S/c1-26-17-14(11-24-25-19(17)31-12-21(7-8-21)32(2,29)30)9-16(20(26)28)18(27)23-10-13-3-5-15(22)6-4-13/h3-6,9,11H,7-8,10,12H2,1-2H3,(H,23,27). The number of nitrogens with one attached hydrogen (secondary N) is 1. The summed E-state index contributed by atoms with van der Waals surface area (Å²) < 4.78 is 30.0. The summed E-state index contributed by atoms with van der Waals surface area (Å²) in [6, 6.07) is 8.43. The highest BCUT2D eigenvalue weighted by Crippen LogP contribution is 2.43. The third kappa shape index (κ3) is 4.20. The van der Waals surface area contributed by atoms with Crippen molar-refractivity contribution in [3.05, 3.63) is 63.0 Å². The van der Waals surface area contributed by atoms with Gasteiger partial charge < -0.3 is 14.6 Å². The molecule has 1 aliphatic rings. The van der Waals surface area contributed by atoms with Gasteiger partial charge in [-0.25, -0.2) is 8.42 Å². The van der Waals surface area contributed by atoms with Crippen molar-refractivity contribution in [1.29, 1.82) is 0 Å². The maximum atomic E-state index is 12.9. The second-order valence-electron chi connectivity index (χ2n) is 7.93. The lowest BCUT2D eigenvalue weighted by molar-refractivity contribution is 0.0949. The Kier molecular flexibility index (Phi) is 5.68. The molecule has 2 aromatic heterocycles. The summed E-state index contributed by atoms with van der Waals surface area (Å²) in [6.07, 6.45) is 3.63. The van der Waals surface area contributed by atoms with E-state index in [-0.39, 0.29) is 24.6 Å². The molecule has 2 heterocycles. The van der Waals surface area contributed by atoms with Crippen LogP contribution in [0.25, 0.3) is 10.9 Å². The van der Waals surface area contributed by atoms with Crippen molar-refractivity contribution in [3.8, 4) is 5.88 Å². The topological polar surface area (TPSA) is 120 Å². The average molecular weight is 477 g/mol. The normalized spacial score (nSPS) is 14.8. The maximum absolute atomic E-state index is 12.9. The van der Waals surface area contributed by atoms with E-state index < -0.39 is 26.1 Å². The van der Waals surface area contributed by atoms with Crippen molar-refractivity contribution < 1.29 is 17.9 Å². The largest absolute Gasteiger partial charge is 0.473 e. The molecule has 0 bridgehead atoms. The van der Waals surface area contributed by atoms with E-state index >= 15 is 0 Å². The summed E-state index contributed by atoms with van der Waals surface area (Å²) in [6.45, 7) is 0.158. The van der Waals surface area contributed by atoms with E-state index in [9.17, 15) is 18.0 Å². The Balaban J connectivity index is 1.60. The molecule has 0 radical (unpaired) electrons. The molecule has 1 amide bonds. The number of sulfone groups is 1. The van der Waals surface area contributed by atoms with E-state index in [2.05, 4.69) is 15.5 Å². The Hall–Kier alpha value is -2.98. The predicted molar refractivity (Wildman–Crippen MR) is 120 cm³/mol. The number of benzene rings is 1. The zero-order valence-corrected chi connectivity index (χ0v) is 19.0. The molecule has 0 spiro atoms. The molecule has 4 rings (SSSR count). The molecule has 1 aromatic carbocycles. The number of carbonyl (C=O) groups is 1. The molecular weight excluding hydrogens is 456 g/mol. The molecule has 1 aliphatic carbocycles. The molecule has 168 valence electrons. The molecule has 1 fully saturated rings. The number of ether oxygens (including phenoxy) is 1. The fourth-order valence-electron chi connectivity index (χ4n) is 3.42. The minimum absolute atomic E-state index is 0.0464. The Bertz CT molecular complexity index is 1370. The first-order chi connectivity index (χ1) is 15.1. The first kappa shape index (κ1) is 22.2. The van der Waals surface area contributed by atoms with E-state index in [0.29, 0.717) is 28.8 Å². The summed E-state index contributed by atoms with van der Waals surface area (Å²) in [5.41, 5.74) is 0.585. The molecule has 0 atom stereocenters. The molecule has 11 heteroatoms. The van der Waals surface area contributed by atoms with Gasteiger partial charge in [0.1, 0.15) is 22.4 Å². The lowest BCUT2D eigenvalue weighted by Crippen LogP contribution is -2.32. The van der Waals surface area contributed by atoms with Crippen LogP contribution in [0.3, 0.4) is 0 Å². The van der Waals surface area contributed by atoms with Crippen LogP contribution < -0.4 is 15.6 Å². The van der Waals surface area contributed by atoms with Gasteiger partial charge >= 0.3 is 0 Å². The lowest BCUT2D eigenvalue weighted by atomic mass is 10.1. The quantitative estimate of drug-likeness (QED) is 0.552. The van der Waals surface area contributed by atoms with Gasteiger partial charge in [0.15, 0.2) is 9.84 Å². The van der Waals surface area contributed by atoms with Gasteiger partial charge in [-0.2, -0.15) is 5.10 Å². The van der Waals surface area contributed by atoms with E-state index in [1.807, 2.05) is 0 Å². The zero-order chi connectivity index (χ0) is 23.1. The number of aryl methyl sites for hydroxylation is 1. The van der Waals surface area contributed by atoms with Gasteiger partial charge in [0, 0.05) is 30.3 Å². The number of hydrogen-bond acceptors (Lipinski definition) is 7. The molecule has 1 saturated carbocycles. The van der Waals surface area contributed by atoms with Crippen LogP contribution in [-0.2, 0) is 23.4 Å². The smallest absolute Gasteiger partial charge is 0.263 e. The van der Waals surface area contributed by atoms with Crippen LogP contribution >= 0.6 is 11.6 Å². The van der Waals surface area contributed by atoms with Gasteiger partial charge in [0.05, 0.1) is 6.20 Å². The fraction of sp³-hybridized carbons (Fsp3) is 0.333. The molecular formula is C21H21ClN4O5S. The molecule has 3 aromatic rings. The zero-order valence-electron chi connectivity index (χ0n) is 17.5. The fourth-order valence-corrected chi connectivity index (χ4v) is 4.66. The van der Waals surface area contributed by atoms with Crippen LogP contribution in [0, 0.1) is 0 Å². The molecule has 1 N–H and O–H groups in total. The highest BCUT2D eigenvalue weighted by atomic mass is 35.5. The van der Waals surface area contributed by atoms with Crippen LogP contribution in [0.15, 0.2) is 41.3 Å². The molecule has 0 aliphatic heterocycles. The number of nitrogens with zero attached hydrogens (tertiary/aromatic N) is 3. The van der Waals surface area contributed by atoms with Gasteiger partial charge in [0.25, 0.3) is 17.3 Å². The summed E-state index contributed by atoms with van der Waals surface area (Å²) in [7, 11) is -1.79. The Labute approximate surface area is 189 Å². The first-order valence-electron chi connectivity index (χ1n) is 9.82. The number of carbonyl (C=O) groups excluding carboxylic acids is 1. The summed E-state index contributed by atoms with van der Waals surface area (Å²) in [5.74, 6) is -0.485. The van der Waals surface area contributed by atoms with E-state index in [1.54, 1.807) is 24.3 Å². The number of rotatable bonds is 7. The number of fused-ring (bicyclic) bond motifs is 1. The molecule has 9 nitrogen and oxygen atoms in total. The number of amides is 1. The van der Waals surface area contributed by atoms with Crippen molar-refractivity contribution in [2.75, 3.05) is 12.9 Å². The number of halogens is 1. The molecule has 0 unspecified atom stereocenters. The minimum atomic E-state index is -3.28. The number of pyridine rings is 1. The Morgan fingerprint density at radius 3 is 2.59 bits per heavy atom. The van der Waals surface area contributed by atoms with Gasteiger partial charge in [-0.05, 0) is 36.6 Å². The second kappa shape index (κ2) is 8.18. The first-order valence-corrected chi connectivity index (χ1v) is 12.1. The maximum Gasteiger partial charge on any atom is 0.263 e. The van der Waals surface area contributed by atoms with E-state index in [1.165, 1.54) is 30.1 Å². The van der Waals surface area contributed by atoms with Crippen molar-refractivity contribution in [3.63, 3.8) is 0 Å². The van der Waals surface area contributed by atoms with Crippen molar-refractivity contribution in [1.82, 2.24) is 20.1 Å². The minimum Gasteiger partial charge on any atom is -0.473 e. The number of hydrogen-bond donors (Lipinski definition) is 1. The van der Waals surface area contributed by atoms with Gasteiger partial charge in [-0.1, -0.05) is 23.7 Å². The van der Waals surface area contributed by atoms with Crippen molar-refractivity contribution in [2.24, 2.45) is 7.05 Å². The van der Waals surface area contributed by atoms with Crippen molar-refractivity contribution in [2.45, 2.75) is 24.1 Å². The SMILES string of the molecule is Cn1c(=O)c(C(=O)NCc2ccc(Cl)cc2)cc2cnnc(OCC3(S(C)(=O)=O)CC3)c21. The van der Waals surface area contributed by atoms with Crippen LogP contribution in [0.2, 0.25) is 5.02 Å². The average Bonchev–Trinajstić information content (AvgIpc) is 3.55. The lowest BCUT2D eigenvalue weighted by Gasteiger charge is -2.16. The molecule has 32 heavy (non-hydrogen) atoms. The van der Waals surface area contributed by atoms with Crippen LogP contribution in [0.5, 0.6) is 5.88 Å². The van der Waals surface area contributed by atoms with E-state index in [4.69, 9.17) is 16.3 Å². The monoisotopic (exact) mass is 476 g/mol. The highest BCUT2D eigenvalue weighted by molar-refractivity contribution is 7.92. The van der Waals surface area contributed by atoms with Crippen LogP contribution in [-0.4, -0.2) is 46.7 Å². The van der Waals surface area contributed by atoms with Gasteiger partial charge in [-0.3, -0.25) is 9.59 Å². The van der Waals surface area contributed by atoms with Crippen LogP contribution in [0.4, 0.5) is 0 Å². The van der Waals surface area contributed by atoms with Gasteiger partial charge in [0.2, 0.25) is 0 Å². The van der Waals surface area contributed by atoms with Crippen molar-refractivity contribution >= 4 is 38.2 Å².